The predicted molar refractivity (Wildman–Crippen MR) is 458 cm³/mol. The van der Waals surface area contributed by atoms with E-state index >= 15 is 0 Å². The van der Waals surface area contributed by atoms with Crippen molar-refractivity contribution in [3.05, 3.63) is 393 Å². The number of para-hydroxylation sites is 1. The number of fused-ring (bicyclic) bond motifs is 16. The van der Waals surface area contributed by atoms with Crippen LogP contribution in [0.5, 0.6) is 0 Å². The van der Waals surface area contributed by atoms with Crippen LogP contribution in [0.1, 0.15) is 22.9 Å². The fourth-order valence-electron chi connectivity index (χ4n) is 17.0. The molecule has 0 radical (unpaired) electrons. The summed E-state index contributed by atoms with van der Waals surface area (Å²) in [5, 5.41) is 22.9. The topological polar surface area (TPSA) is 85.3 Å². The maximum Gasteiger partial charge on any atom is 0.164 e. The van der Waals surface area contributed by atoms with Gasteiger partial charge in [-0.05, 0) is 153 Å². The molecule has 0 amide bonds. The minimum atomic E-state index is -0.429. The summed E-state index contributed by atoms with van der Waals surface area (Å²) in [4.78, 5) is 26.8. The Morgan fingerprint density at radius 1 is 0.255 bits per heavy atom. The summed E-state index contributed by atoms with van der Waals surface area (Å²) >= 11 is 0. The zero-order chi connectivity index (χ0) is 72.3. The highest BCUT2D eigenvalue weighted by Gasteiger charge is 2.27. The van der Waals surface area contributed by atoms with Gasteiger partial charge in [0.15, 0.2) is 23.3 Å². The Bertz CT molecular complexity index is 7420. The van der Waals surface area contributed by atoms with Gasteiger partial charge in [0.05, 0.1) is 27.8 Å². The fourth-order valence-corrected chi connectivity index (χ4v) is 17.0. The standard InChI is InChI=1S/C102H64N8/c1-3-18-63(19-4-1)64-34-42-73(43-35-64)98-104-100(78-26-17-27-82(62-78)109-91-56-52-68-20-7-11-28-83(68)93(91)88-54-50-70-22-9-13-30-85(70)95(88)109)106-101(105-98)79-49-41-67-40-48-77(60-81(67)61-79)76-47-39-66-38-46-75(58-80(66)59-76)65-36-44-74(45-37-65)99-103-97(72-24-5-2-6-25-72)107-102(108-99)87-32-15-16-33-90(87)110-92-57-53-69-21-8-12-29-84(69)94(92)89-55-51-71-23-10-14-31-86(71)96(89)110/h1-62,99H,(H,103,107,108). The molecule has 0 saturated heterocycles. The number of rotatable bonds is 11. The van der Waals surface area contributed by atoms with E-state index in [-0.39, 0.29) is 0 Å². The highest BCUT2D eigenvalue weighted by molar-refractivity contribution is 6.28. The molecule has 0 aliphatic carbocycles. The van der Waals surface area contributed by atoms with Crippen molar-refractivity contribution in [3.8, 4) is 78.9 Å². The highest BCUT2D eigenvalue weighted by Crippen LogP contribution is 2.44. The normalized spacial score (nSPS) is 13.2. The lowest BCUT2D eigenvalue weighted by molar-refractivity contribution is 0.674. The summed E-state index contributed by atoms with van der Waals surface area (Å²) in [6, 6.07) is 135. The molecule has 1 aliphatic heterocycles. The summed E-state index contributed by atoms with van der Waals surface area (Å²) in [5.41, 5.74) is 19.0. The van der Waals surface area contributed by atoms with Crippen molar-refractivity contribution in [2.45, 2.75) is 6.17 Å². The van der Waals surface area contributed by atoms with Gasteiger partial charge in [0, 0.05) is 65.8 Å². The van der Waals surface area contributed by atoms with Crippen LogP contribution in [0.4, 0.5) is 0 Å². The van der Waals surface area contributed by atoms with Crippen molar-refractivity contribution in [1.29, 1.82) is 0 Å². The van der Waals surface area contributed by atoms with Crippen molar-refractivity contribution >= 4 is 120 Å². The Morgan fingerprint density at radius 2 is 0.655 bits per heavy atom. The van der Waals surface area contributed by atoms with E-state index in [0.29, 0.717) is 23.3 Å². The molecule has 0 spiro atoms. The second-order valence-electron chi connectivity index (χ2n) is 28.7. The predicted octanol–water partition coefficient (Wildman–Crippen LogP) is 25.5. The molecule has 110 heavy (non-hydrogen) atoms. The Morgan fingerprint density at radius 3 is 1.25 bits per heavy atom. The second-order valence-corrected chi connectivity index (χ2v) is 28.7. The van der Waals surface area contributed by atoms with E-state index in [4.69, 9.17) is 24.9 Å². The molecule has 21 aromatic rings. The summed E-state index contributed by atoms with van der Waals surface area (Å²) in [6.45, 7) is 0. The lowest BCUT2D eigenvalue weighted by Crippen LogP contribution is -2.34. The molecule has 18 aromatic carbocycles. The number of nitrogens with one attached hydrogen (secondary N) is 1. The van der Waals surface area contributed by atoms with Gasteiger partial charge < -0.3 is 14.5 Å². The number of hydrogen-bond acceptors (Lipinski definition) is 6. The third-order valence-corrected chi connectivity index (χ3v) is 22.3. The van der Waals surface area contributed by atoms with E-state index in [1.54, 1.807) is 0 Å². The quantitative estimate of drug-likeness (QED) is 0.140. The molecule has 1 atom stereocenters. The van der Waals surface area contributed by atoms with Crippen LogP contribution >= 0.6 is 0 Å². The van der Waals surface area contributed by atoms with Crippen LogP contribution in [-0.2, 0) is 0 Å². The van der Waals surface area contributed by atoms with Crippen LogP contribution in [0.2, 0.25) is 0 Å². The van der Waals surface area contributed by atoms with Crippen LogP contribution in [0.15, 0.2) is 386 Å². The molecule has 1 aliphatic rings. The Kier molecular flexibility index (Phi) is 14.5. The maximum absolute atomic E-state index is 5.41. The minimum Gasteiger partial charge on any atom is -0.344 e. The molecule has 512 valence electrons. The van der Waals surface area contributed by atoms with Gasteiger partial charge >= 0.3 is 0 Å². The summed E-state index contributed by atoms with van der Waals surface area (Å²) < 4.78 is 4.88. The van der Waals surface area contributed by atoms with E-state index < -0.39 is 6.17 Å². The van der Waals surface area contributed by atoms with Crippen molar-refractivity contribution in [3.63, 3.8) is 0 Å². The fraction of sp³-hybridized carbons (Fsp3) is 0.00980. The van der Waals surface area contributed by atoms with E-state index in [2.05, 4.69) is 378 Å². The molecule has 8 heteroatoms. The molecule has 3 aromatic heterocycles. The molecular weight excluding hydrogens is 1340 g/mol. The van der Waals surface area contributed by atoms with Crippen LogP contribution in [0.3, 0.4) is 0 Å². The van der Waals surface area contributed by atoms with Gasteiger partial charge in [-0.1, -0.05) is 315 Å². The lowest BCUT2D eigenvalue weighted by Gasteiger charge is -2.25. The monoisotopic (exact) mass is 1400 g/mol. The maximum atomic E-state index is 5.41. The SMILES string of the molecule is c1ccc(C2=NC(c3ccc(-c4ccc5ccc(-c6ccc7ccc(-c8nc(-c9ccc(-c%10ccccc%10)cc9)nc(-c9cccc(-n%10c%11ccc%12ccccc%12c%11c%11ccc%12ccccc%12c%11%10)c9)n8)cc7c6)cc5c4)cc3)NC(c3ccccc3-n3c4ccc5ccccc5c4c4ccc5ccccc5c43)=N2)cc1. The zero-order valence-electron chi connectivity index (χ0n) is 59.5. The van der Waals surface area contributed by atoms with Crippen LogP contribution in [-0.4, -0.2) is 35.8 Å². The molecule has 4 heterocycles. The van der Waals surface area contributed by atoms with Crippen molar-refractivity contribution < 1.29 is 0 Å². The smallest absolute Gasteiger partial charge is 0.164 e. The number of nitrogens with zero attached hydrogens (tertiary/aromatic N) is 7. The molecular formula is C102H64N8. The number of benzene rings is 18. The average Bonchev–Trinajstić information content (AvgIpc) is 1.58. The average molecular weight is 1400 g/mol. The van der Waals surface area contributed by atoms with Crippen molar-refractivity contribution in [1.82, 2.24) is 29.4 Å². The van der Waals surface area contributed by atoms with Gasteiger partial charge in [-0.15, -0.1) is 0 Å². The van der Waals surface area contributed by atoms with Gasteiger partial charge in [-0.2, -0.15) is 0 Å². The lowest BCUT2D eigenvalue weighted by atomic mass is 9.95. The van der Waals surface area contributed by atoms with E-state index in [9.17, 15) is 0 Å². The van der Waals surface area contributed by atoms with E-state index in [0.717, 1.165) is 111 Å². The van der Waals surface area contributed by atoms with Gasteiger partial charge in [0.25, 0.3) is 0 Å². The van der Waals surface area contributed by atoms with Gasteiger partial charge in [0.1, 0.15) is 12.0 Å². The number of aromatic nitrogens is 5. The first-order valence-corrected chi connectivity index (χ1v) is 37.5. The first-order chi connectivity index (χ1) is 54.5. The molecule has 0 saturated carbocycles. The molecule has 8 nitrogen and oxygen atoms in total. The number of amidine groups is 2. The number of hydrogen-bond donors (Lipinski definition) is 1. The zero-order valence-corrected chi connectivity index (χ0v) is 59.5. The second kappa shape index (κ2) is 25.5. The van der Waals surface area contributed by atoms with Crippen LogP contribution in [0.25, 0.3) is 187 Å². The minimum absolute atomic E-state index is 0.429. The van der Waals surface area contributed by atoms with E-state index in [1.165, 1.54) is 81.1 Å². The van der Waals surface area contributed by atoms with Crippen molar-refractivity contribution in [2.24, 2.45) is 9.98 Å². The third-order valence-electron chi connectivity index (χ3n) is 22.3. The third kappa shape index (κ3) is 10.6. The highest BCUT2D eigenvalue weighted by atomic mass is 15.2. The summed E-state index contributed by atoms with van der Waals surface area (Å²) in [6.07, 6.45) is -0.429. The van der Waals surface area contributed by atoms with E-state index in [1.807, 2.05) is 12.1 Å². The Hall–Kier alpha value is -14.7. The Labute approximate surface area is 633 Å². The van der Waals surface area contributed by atoms with Crippen LogP contribution in [0, 0.1) is 0 Å². The van der Waals surface area contributed by atoms with Gasteiger partial charge in [-0.25, -0.2) is 24.9 Å². The first kappa shape index (κ1) is 62.6. The molecule has 22 rings (SSSR count). The van der Waals surface area contributed by atoms with Gasteiger partial charge in [-0.3, -0.25) is 0 Å². The summed E-state index contributed by atoms with van der Waals surface area (Å²) in [7, 11) is 0. The molecule has 1 unspecified atom stereocenters. The molecule has 1 N–H and O–H groups in total. The Balaban J connectivity index is 0.595. The summed E-state index contributed by atoms with van der Waals surface area (Å²) in [5.74, 6) is 3.20. The molecule has 0 bridgehead atoms. The van der Waals surface area contributed by atoms with Crippen LogP contribution < -0.4 is 5.32 Å². The first-order valence-electron chi connectivity index (χ1n) is 37.5. The largest absolute Gasteiger partial charge is 0.344 e. The molecule has 0 fully saturated rings. The number of aliphatic imine (C=N–C) groups is 2. The van der Waals surface area contributed by atoms with Crippen molar-refractivity contribution in [2.75, 3.05) is 0 Å². The van der Waals surface area contributed by atoms with Gasteiger partial charge in [0.2, 0.25) is 0 Å².